The Hall–Kier alpha value is 0.270. The summed E-state index contributed by atoms with van der Waals surface area (Å²) in [7, 11) is 0. The molecule has 0 radical (unpaired) electrons. The fourth-order valence-electron chi connectivity index (χ4n) is 3.80. The minimum atomic E-state index is 0.299. The Morgan fingerprint density at radius 2 is 1.78 bits per heavy atom. The highest BCUT2D eigenvalue weighted by Gasteiger charge is 2.40. The Kier molecular flexibility index (Phi) is 4.53. The summed E-state index contributed by atoms with van der Waals surface area (Å²) in [5.41, 5.74) is 0.299. The van der Waals surface area contributed by atoms with Gasteiger partial charge in [-0.2, -0.15) is 11.8 Å². The third-order valence-electron chi connectivity index (χ3n) is 4.96. The third-order valence-corrected chi connectivity index (χ3v) is 6.01. The molecule has 1 saturated carbocycles. The standard InChI is InChI=1S/C15H27NOS/c1-2-7-15(8-3-1)9-4-14(17-15)12-16-13-5-10-18-11-6-13/h13-14,16H,1-12H2. The fraction of sp³-hybridized carbons (Fsp3) is 1.00. The highest BCUT2D eigenvalue weighted by Crippen LogP contribution is 2.41. The Labute approximate surface area is 116 Å². The van der Waals surface area contributed by atoms with Crippen LogP contribution in [0.15, 0.2) is 0 Å². The molecule has 0 bridgehead atoms. The number of hydrogen-bond donors (Lipinski definition) is 1. The van der Waals surface area contributed by atoms with Gasteiger partial charge in [0.25, 0.3) is 0 Å². The summed E-state index contributed by atoms with van der Waals surface area (Å²) in [6.45, 7) is 1.09. The van der Waals surface area contributed by atoms with Crippen LogP contribution in [-0.2, 0) is 4.74 Å². The lowest BCUT2D eigenvalue weighted by Gasteiger charge is -2.33. The van der Waals surface area contributed by atoms with Crippen molar-refractivity contribution in [2.24, 2.45) is 0 Å². The van der Waals surface area contributed by atoms with Gasteiger partial charge in [0.1, 0.15) is 0 Å². The molecular weight excluding hydrogens is 242 g/mol. The molecule has 1 aliphatic carbocycles. The molecule has 3 rings (SSSR count). The molecule has 3 fully saturated rings. The van der Waals surface area contributed by atoms with Crippen molar-refractivity contribution in [2.45, 2.75) is 75.5 Å². The van der Waals surface area contributed by atoms with E-state index in [2.05, 4.69) is 17.1 Å². The van der Waals surface area contributed by atoms with E-state index >= 15 is 0 Å². The molecule has 2 heterocycles. The Morgan fingerprint density at radius 1 is 1.00 bits per heavy atom. The molecule has 104 valence electrons. The fourth-order valence-corrected chi connectivity index (χ4v) is 4.91. The predicted octanol–water partition coefficient (Wildman–Crippen LogP) is 3.35. The van der Waals surface area contributed by atoms with Gasteiger partial charge in [-0.1, -0.05) is 19.3 Å². The van der Waals surface area contributed by atoms with Crippen molar-refractivity contribution in [3.8, 4) is 0 Å². The smallest absolute Gasteiger partial charge is 0.0708 e. The molecule has 1 unspecified atom stereocenters. The number of hydrogen-bond acceptors (Lipinski definition) is 3. The van der Waals surface area contributed by atoms with Crippen molar-refractivity contribution in [2.75, 3.05) is 18.1 Å². The van der Waals surface area contributed by atoms with Crippen LogP contribution in [0.25, 0.3) is 0 Å². The molecule has 2 nitrogen and oxygen atoms in total. The van der Waals surface area contributed by atoms with Crippen molar-refractivity contribution in [1.29, 1.82) is 0 Å². The average Bonchev–Trinajstić information content (AvgIpc) is 2.82. The second-order valence-electron chi connectivity index (χ2n) is 6.32. The molecule has 0 aromatic carbocycles. The van der Waals surface area contributed by atoms with E-state index in [1.165, 1.54) is 69.3 Å². The predicted molar refractivity (Wildman–Crippen MR) is 78.3 cm³/mol. The zero-order chi connectivity index (χ0) is 12.3. The van der Waals surface area contributed by atoms with Gasteiger partial charge in [0.2, 0.25) is 0 Å². The lowest BCUT2D eigenvalue weighted by Crippen LogP contribution is -2.39. The molecule has 1 spiro atoms. The first-order valence-electron chi connectivity index (χ1n) is 7.85. The number of thioether (sulfide) groups is 1. The maximum Gasteiger partial charge on any atom is 0.0708 e. The SMILES string of the molecule is C1CCC2(CC1)CCC(CNC1CCSCC1)O2. The molecule has 0 aromatic rings. The van der Waals surface area contributed by atoms with Crippen LogP contribution in [0.5, 0.6) is 0 Å². The Bertz CT molecular complexity index is 259. The van der Waals surface area contributed by atoms with Crippen LogP contribution < -0.4 is 5.32 Å². The molecule has 3 aliphatic rings. The second-order valence-corrected chi connectivity index (χ2v) is 7.54. The van der Waals surface area contributed by atoms with Crippen molar-refractivity contribution in [1.82, 2.24) is 5.32 Å². The van der Waals surface area contributed by atoms with Gasteiger partial charge in [0.15, 0.2) is 0 Å². The van der Waals surface area contributed by atoms with Crippen LogP contribution in [0.1, 0.15) is 57.8 Å². The molecule has 2 saturated heterocycles. The van der Waals surface area contributed by atoms with Crippen LogP contribution in [0.2, 0.25) is 0 Å². The van der Waals surface area contributed by atoms with Crippen LogP contribution >= 0.6 is 11.8 Å². The maximum absolute atomic E-state index is 6.41. The first kappa shape index (κ1) is 13.3. The van der Waals surface area contributed by atoms with E-state index < -0.39 is 0 Å². The zero-order valence-electron chi connectivity index (χ0n) is 11.5. The van der Waals surface area contributed by atoms with Crippen LogP contribution in [0, 0.1) is 0 Å². The van der Waals surface area contributed by atoms with Gasteiger partial charge in [-0.05, 0) is 50.0 Å². The summed E-state index contributed by atoms with van der Waals surface area (Å²) in [4.78, 5) is 0. The molecule has 0 amide bonds. The van der Waals surface area contributed by atoms with Gasteiger partial charge in [0, 0.05) is 12.6 Å². The van der Waals surface area contributed by atoms with Crippen molar-refractivity contribution in [3.05, 3.63) is 0 Å². The Balaban J connectivity index is 1.41. The number of nitrogens with one attached hydrogen (secondary N) is 1. The van der Waals surface area contributed by atoms with E-state index in [1.807, 2.05) is 0 Å². The van der Waals surface area contributed by atoms with E-state index in [1.54, 1.807) is 0 Å². The summed E-state index contributed by atoms with van der Waals surface area (Å²) in [6, 6.07) is 0.762. The van der Waals surface area contributed by atoms with Gasteiger partial charge in [-0.25, -0.2) is 0 Å². The van der Waals surface area contributed by atoms with E-state index in [0.29, 0.717) is 11.7 Å². The summed E-state index contributed by atoms with van der Waals surface area (Å²) in [5, 5.41) is 3.75. The van der Waals surface area contributed by atoms with E-state index in [9.17, 15) is 0 Å². The molecule has 1 N–H and O–H groups in total. The lowest BCUT2D eigenvalue weighted by atomic mass is 9.83. The first-order valence-corrected chi connectivity index (χ1v) is 9.01. The van der Waals surface area contributed by atoms with Crippen LogP contribution in [-0.4, -0.2) is 35.8 Å². The van der Waals surface area contributed by atoms with Crippen molar-refractivity contribution in [3.63, 3.8) is 0 Å². The number of ether oxygens (including phenoxy) is 1. The van der Waals surface area contributed by atoms with Crippen molar-refractivity contribution < 1.29 is 4.74 Å². The zero-order valence-corrected chi connectivity index (χ0v) is 12.3. The van der Waals surface area contributed by atoms with E-state index in [0.717, 1.165) is 12.6 Å². The highest BCUT2D eigenvalue weighted by atomic mass is 32.2. The van der Waals surface area contributed by atoms with Crippen LogP contribution in [0.4, 0.5) is 0 Å². The average molecular weight is 269 g/mol. The van der Waals surface area contributed by atoms with E-state index in [4.69, 9.17) is 4.74 Å². The third kappa shape index (κ3) is 3.23. The normalized spacial score (nSPS) is 33.0. The maximum atomic E-state index is 6.41. The Morgan fingerprint density at radius 3 is 2.56 bits per heavy atom. The first-order chi connectivity index (χ1) is 8.86. The summed E-state index contributed by atoms with van der Waals surface area (Å²) < 4.78 is 6.41. The molecule has 2 aliphatic heterocycles. The molecular formula is C15H27NOS. The minimum Gasteiger partial charge on any atom is -0.370 e. The van der Waals surface area contributed by atoms with Crippen molar-refractivity contribution >= 4 is 11.8 Å². The lowest BCUT2D eigenvalue weighted by molar-refractivity contribution is -0.0629. The largest absolute Gasteiger partial charge is 0.370 e. The topological polar surface area (TPSA) is 21.3 Å². The summed E-state index contributed by atoms with van der Waals surface area (Å²) >= 11 is 2.10. The molecule has 0 aromatic heterocycles. The molecule has 18 heavy (non-hydrogen) atoms. The van der Waals surface area contributed by atoms with Crippen LogP contribution in [0.3, 0.4) is 0 Å². The monoisotopic (exact) mass is 269 g/mol. The summed E-state index contributed by atoms with van der Waals surface area (Å²) in [5.74, 6) is 2.68. The minimum absolute atomic E-state index is 0.299. The highest BCUT2D eigenvalue weighted by molar-refractivity contribution is 7.99. The second kappa shape index (κ2) is 6.15. The van der Waals surface area contributed by atoms with Gasteiger partial charge in [-0.3, -0.25) is 0 Å². The summed E-state index contributed by atoms with van der Waals surface area (Å²) in [6.07, 6.45) is 12.7. The quantitative estimate of drug-likeness (QED) is 0.849. The van der Waals surface area contributed by atoms with Gasteiger partial charge in [0.05, 0.1) is 11.7 Å². The van der Waals surface area contributed by atoms with Gasteiger partial charge >= 0.3 is 0 Å². The molecule has 3 heteroatoms. The van der Waals surface area contributed by atoms with Gasteiger partial charge in [-0.15, -0.1) is 0 Å². The van der Waals surface area contributed by atoms with Gasteiger partial charge < -0.3 is 10.1 Å². The molecule has 1 atom stereocenters. The van der Waals surface area contributed by atoms with E-state index in [-0.39, 0.29) is 0 Å². The number of rotatable bonds is 3.